The number of rotatable bonds is 3. The summed E-state index contributed by atoms with van der Waals surface area (Å²) in [6, 6.07) is 7.38. The molecular weight excluding hydrogens is 352 g/mol. The summed E-state index contributed by atoms with van der Waals surface area (Å²) in [5.74, 6) is 0.657. The predicted octanol–water partition coefficient (Wildman–Crippen LogP) is 4.40. The Morgan fingerprint density at radius 1 is 1.20 bits per heavy atom. The Balaban J connectivity index is 1.76. The summed E-state index contributed by atoms with van der Waals surface area (Å²) in [5.41, 5.74) is 1.82. The maximum Gasteiger partial charge on any atom is 0.258 e. The van der Waals surface area contributed by atoms with Crippen molar-refractivity contribution in [3.8, 4) is 0 Å². The molecule has 1 aromatic carbocycles. The number of aromatic amines is 1. The molecule has 7 heteroatoms. The van der Waals surface area contributed by atoms with Crippen LogP contribution in [0.2, 0.25) is 0 Å². The van der Waals surface area contributed by atoms with E-state index in [4.69, 9.17) is 0 Å². The molecule has 5 nitrogen and oxygen atoms in total. The standard InChI is InChI=1S/C18H16N4OS2/c1-9-10(2)24-17-14(9)18(20-8-19-17)25-11(3)15-21-13-7-5-4-6-12(13)16(23)22-15/h4-8,11H,1-3H3,(H,21,22,23)/t11-/m0/s1. The highest BCUT2D eigenvalue weighted by atomic mass is 32.2. The number of fused-ring (bicyclic) bond motifs is 2. The number of benzene rings is 1. The highest BCUT2D eigenvalue weighted by molar-refractivity contribution is 7.99. The predicted molar refractivity (Wildman–Crippen MR) is 104 cm³/mol. The van der Waals surface area contributed by atoms with E-state index in [9.17, 15) is 4.79 Å². The number of nitrogens with zero attached hydrogens (tertiary/aromatic N) is 3. The molecule has 3 heterocycles. The van der Waals surface area contributed by atoms with Crippen LogP contribution in [-0.2, 0) is 0 Å². The lowest BCUT2D eigenvalue weighted by Crippen LogP contribution is -2.12. The van der Waals surface area contributed by atoms with Gasteiger partial charge in [0, 0.05) is 10.3 Å². The Bertz CT molecular complexity index is 1150. The molecule has 0 bridgehead atoms. The van der Waals surface area contributed by atoms with Crippen LogP contribution in [0.15, 0.2) is 40.4 Å². The molecule has 4 aromatic rings. The first-order chi connectivity index (χ1) is 12.0. The molecule has 25 heavy (non-hydrogen) atoms. The first-order valence-corrected chi connectivity index (χ1v) is 9.60. The van der Waals surface area contributed by atoms with Crippen LogP contribution < -0.4 is 5.56 Å². The molecule has 4 rings (SSSR count). The Labute approximate surface area is 152 Å². The van der Waals surface area contributed by atoms with Gasteiger partial charge in [-0.15, -0.1) is 11.3 Å². The van der Waals surface area contributed by atoms with E-state index in [1.807, 2.05) is 25.1 Å². The molecule has 0 fully saturated rings. The number of aryl methyl sites for hydroxylation is 2. The van der Waals surface area contributed by atoms with Crippen molar-refractivity contribution < 1.29 is 0 Å². The van der Waals surface area contributed by atoms with Crippen molar-refractivity contribution >= 4 is 44.2 Å². The van der Waals surface area contributed by atoms with Gasteiger partial charge in [0.2, 0.25) is 0 Å². The quantitative estimate of drug-likeness (QED) is 0.429. The van der Waals surface area contributed by atoms with E-state index in [1.54, 1.807) is 35.5 Å². The van der Waals surface area contributed by atoms with Gasteiger partial charge in [0.1, 0.15) is 22.0 Å². The van der Waals surface area contributed by atoms with Crippen molar-refractivity contribution in [1.29, 1.82) is 0 Å². The van der Waals surface area contributed by atoms with E-state index in [-0.39, 0.29) is 10.8 Å². The highest BCUT2D eigenvalue weighted by Crippen LogP contribution is 2.39. The van der Waals surface area contributed by atoms with Crippen LogP contribution in [0, 0.1) is 13.8 Å². The van der Waals surface area contributed by atoms with Gasteiger partial charge >= 0.3 is 0 Å². The summed E-state index contributed by atoms with van der Waals surface area (Å²) >= 11 is 3.28. The second kappa shape index (κ2) is 6.24. The van der Waals surface area contributed by atoms with Gasteiger partial charge in [-0.1, -0.05) is 23.9 Å². The molecule has 1 N–H and O–H groups in total. The average molecular weight is 368 g/mol. The largest absolute Gasteiger partial charge is 0.309 e. The molecule has 1 atom stereocenters. The number of thioether (sulfide) groups is 1. The normalized spacial score (nSPS) is 12.8. The number of aromatic nitrogens is 4. The van der Waals surface area contributed by atoms with Crippen LogP contribution in [0.5, 0.6) is 0 Å². The summed E-state index contributed by atoms with van der Waals surface area (Å²) in [5, 5.41) is 2.60. The van der Waals surface area contributed by atoms with Crippen LogP contribution in [0.1, 0.15) is 28.4 Å². The van der Waals surface area contributed by atoms with Gasteiger partial charge in [-0.2, -0.15) is 0 Å². The molecule has 0 saturated heterocycles. The minimum absolute atomic E-state index is 0.0324. The smallest absolute Gasteiger partial charge is 0.258 e. The van der Waals surface area contributed by atoms with Crippen LogP contribution in [0.3, 0.4) is 0 Å². The zero-order valence-corrected chi connectivity index (χ0v) is 15.7. The van der Waals surface area contributed by atoms with Crippen LogP contribution in [0.4, 0.5) is 0 Å². The van der Waals surface area contributed by atoms with E-state index in [2.05, 4.69) is 33.8 Å². The van der Waals surface area contributed by atoms with Gasteiger partial charge in [-0.3, -0.25) is 4.79 Å². The minimum atomic E-state index is -0.108. The third-order valence-corrected chi connectivity index (χ3v) is 6.46. The maximum atomic E-state index is 12.3. The van der Waals surface area contributed by atoms with Crippen molar-refractivity contribution in [2.75, 3.05) is 0 Å². The summed E-state index contributed by atoms with van der Waals surface area (Å²) in [6.07, 6.45) is 1.60. The molecule has 0 radical (unpaired) electrons. The first kappa shape index (κ1) is 16.2. The summed E-state index contributed by atoms with van der Waals surface area (Å²) in [6.45, 7) is 6.23. The van der Waals surface area contributed by atoms with Gasteiger partial charge in [-0.05, 0) is 38.5 Å². The second-order valence-corrected chi connectivity index (χ2v) is 8.40. The Morgan fingerprint density at radius 2 is 2.00 bits per heavy atom. The zero-order chi connectivity index (χ0) is 17.6. The van der Waals surface area contributed by atoms with E-state index in [1.165, 1.54) is 10.4 Å². The molecule has 0 aliphatic rings. The van der Waals surface area contributed by atoms with Crippen molar-refractivity contribution in [3.05, 3.63) is 57.2 Å². The summed E-state index contributed by atoms with van der Waals surface area (Å²) < 4.78 is 0. The van der Waals surface area contributed by atoms with Crippen molar-refractivity contribution in [2.24, 2.45) is 0 Å². The van der Waals surface area contributed by atoms with E-state index >= 15 is 0 Å². The Hall–Kier alpha value is -2.25. The van der Waals surface area contributed by atoms with Crippen molar-refractivity contribution in [1.82, 2.24) is 19.9 Å². The molecule has 0 amide bonds. The van der Waals surface area contributed by atoms with Crippen LogP contribution >= 0.6 is 23.1 Å². The van der Waals surface area contributed by atoms with Crippen molar-refractivity contribution in [3.63, 3.8) is 0 Å². The Morgan fingerprint density at radius 3 is 2.84 bits per heavy atom. The maximum absolute atomic E-state index is 12.3. The van der Waals surface area contributed by atoms with E-state index in [0.29, 0.717) is 16.7 Å². The lowest BCUT2D eigenvalue weighted by molar-refractivity contribution is 0.919. The minimum Gasteiger partial charge on any atom is -0.309 e. The lowest BCUT2D eigenvalue weighted by Gasteiger charge is -2.11. The number of hydrogen-bond acceptors (Lipinski definition) is 6. The van der Waals surface area contributed by atoms with Gasteiger partial charge in [0.05, 0.1) is 16.2 Å². The number of nitrogens with one attached hydrogen (secondary N) is 1. The number of H-pyrrole nitrogens is 1. The molecular formula is C18H16N4OS2. The number of thiophene rings is 1. The monoisotopic (exact) mass is 368 g/mol. The fourth-order valence-corrected chi connectivity index (χ4v) is 4.85. The average Bonchev–Trinajstić information content (AvgIpc) is 2.90. The van der Waals surface area contributed by atoms with Gasteiger partial charge in [-0.25, -0.2) is 15.0 Å². The molecule has 0 unspecified atom stereocenters. The summed E-state index contributed by atoms with van der Waals surface area (Å²) in [7, 11) is 0. The topological polar surface area (TPSA) is 71.5 Å². The van der Waals surface area contributed by atoms with Gasteiger partial charge in [0.25, 0.3) is 5.56 Å². The third kappa shape index (κ3) is 2.83. The van der Waals surface area contributed by atoms with E-state index < -0.39 is 0 Å². The van der Waals surface area contributed by atoms with Gasteiger partial charge in [0.15, 0.2) is 0 Å². The van der Waals surface area contributed by atoms with Crippen LogP contribution in [-0.4, -0.2) is 19.9 Å². The number of para-hydroxylation sites is 1. The molecule has 3 aromatic heterocycles. The molecule has 0 aliphatic carbocycles. The zero-order valence-electron chi connectivity index (χ0n) is 14.0. The fraction of sp³-hybridized carbons (Fsp3) is 0.222. The molecule has 0 spiro atoms. The van der Waals surface area contributed by atoms with Gasteiger partial charge < -0.3 is 4.98 Å². The third-order valence-electron chi connectivity index (χ3n) is 4.24. The summed E-state index contributed by atoms with van der Waals surface area (Å²) in [4.78, 5) is 30.9. The number of hydrogen-bond donors (Lipinski definition) is 1. The van der Waals surface area contributed by atoms with Crippen LogP contribution in [0.25, 0.3) is 21.1 Å². The second-order valence-electron chi connectivity index (χ2n) is 5.87. The molecule has 0 aliphatic heterocycles. The van der Waals surface area contributed by atoms with E-state index in [0.717, 1.165) is 15.2 Å². The molecule has 0 saturated carbocycles. The fourth-order valence-electron chi connectivity index (χ4n) is 2.76. The first-order valence-electron chi connectivity index (χ1n) is 7.91. The highest BCUT2D eigenvalue weighted by Gasteiger charge is 2.18. The SMILES string of the molecule is Cc1sc2ncnc(S[C@@H](C)c3nc4ccccc4c(=O)[nH]3)c2c1C. The molecule has 126 valence electrons. The Kier molecular flexibility index (Phi) is 4.05. The van der Waals surface area contributed by atoms with Crippen molar-refractivity contribution in [2.45, 2.75) is 31.0 Å². The lowest BCUT2D eigenvalue weighted by atomic mass is 10.2.